The normalized spacial score (nSPS) is 10.6. The van der Waals surface area contributed by atoms with Gasteiger partial charge in [0.25, 0.3) is 0 Å². The molecular formula is C11H10N8OS2. The molecule has 0 saturated carbocycles. The van der Waals surface area contributed by atoms with Crippen molar-refractivity contribution in [3.8, 4) is 11.7 Å². The van der Waals surface area contributed by atoms with Gasteiger partial charge in [0.05, 0.1) is 5.69 Å². The molecule has 0 unspecified atom stereocenters. The Labute approximate surface area is 134 Å². The summed E-state index contributed by atoms with van der Waals surface area (Å²) in [7, 11) is 0. The Morgan fingerprint density at radius 3 is 2.73 bits per heavy atom. The van der Waals surface area contributed by atoms with E-state index in [0.29, 0.717) is 11.7 Å². The Hall–Kier alpha value is -2.40. The number of rotatable bonds is 4. The molecule has 0 amide bonds. The van der Waals surface area contributed by atoms with Crippen LogP contribution in [-0.4, -0.2) is 44.8 Å². The van der Waals surface area contributed by atoms with E-state index in [4.69, 9.17) is 17.0 Å². The molecule has 11 heteroatoms. The first-order valence-corrected chi connectivity index (χ1v) is 7.50. The van der Waals surface area contributed by atoms with Crippen LogP contribution < -0.4 is 4.74 Å². The number of hydrogen-bond acceptors (Lipinski definition) is 9. The Kier molecular flexibility index (Phi) is 4.34. The Morgan fingerprint density at radius 1 is 1.18 bits per heavy atom. The van der Waals surface area contributed by atoms with E-state index >= 15 is 0 Å². The fraction of sp³-hybridized carbons (Fsp3) is 0.182. The van der Waals surface area contributed by atoms with Crippen molar-refractivity contribution in [2.75, 3.05) is 0 Å². The van der Waals surface area contributed by atoms with Gasteiger partial charge in [-0.05, 0) is 52.1 Å². The number of tetrazole rings is 2. The van der Waals surface area contributed by atoms with Gasteiger partial charge in [0.1, 0.15) is 0 Å². The number of aryl methyl sites for hydroxylation is 1. The number of ether oxygens (including phenoxy) is 1. The lowest BCUT2D eigenvalue weighted by Crippen LogP contribution is -2.09. The van der Waals surface area contributed by atoms with Crippen molar-refractivity contribution in [2.45, 2.75) is 18.6 Å². The molecule has 2 aromatic heterocycles. The van der Waals surface area contributed by atoms with E-state index < -0.39 is 0 Å². The van der Waals surface area contributed by atoms with Crippen molar-refractivity contribution in [1.82, 2.24) is 40.4 Å². The van der Waals surface area contributed by atoms with E-state index in [2.05, 4.69) is 31.1 Å². The van der Waals surface area contributed by atoms with Crippen molar-refractivity contribution in [1.29, 1.82) is 0 Å². The Morgan fingerprint density at radius 2 is 1.95 bits per heavy atom. The highest BCUT2D eigenvalue weighted by molar-refractivity contribution is 8.22. The predicted octanol–water partition coefficient (Wildman–Crippen LogP) is 1.12. The first-order chi connectivity index (χ1) is 10.8. The molecule has 22 heavy (non-hydrogen) atoms. The molecule has 0 aliphatic carbocycles. The third kappa shape index (κ3) is 3.09. The fourth-order valence-electron chi connectivity index (χ4n) is 1.61. The summed E-state index contributed by atoms with van der Waals surface area (Å²) in [5.74, 6) is 0. The summed E-state index contributed by atoms with van der Waals surface area (Å²) in [4.78, 5) is 0. The summed E-state index contributed by atoms with van der Waals surface area (Å²) >= 11 is 6.31. The second kappa shape index (κ2) is 6.58. The van der Waals surface area contributed by atoms with Crippen molar-refractivity contribution < 1.29 is 4.74 Å². The summed E-state index contributed by atoms with van der Waals surface area (Å²) in [6.07, 6.45) is 0. The van der Waals surface area contributed by atoms with E-state index in [1.54, 1.807) is 4.68 Å². The molecule has 0 spiro atoms. The molecule has 0 bridgehead atoms. The van der Waals surface area contributed by atoms with Gasteiger partial charge in [-0.2, -0.15) is 9.36 Å². The van der Waals surface area contributed by atoms with Crippen LogP contribution in [0.1, 0.15) is 6.92 Å². The average molecular weight is 334 g/mol. The topological polar surface area (TPSA) is 96.4 Å². The van der Waals surface area contributed by atoms with Gasteiger partial charge in [0, 0.05) is 18.3 Å². The molecule has 1 aromatic carbocycles. The second-order valence-electron chi connectivity index (χ2n) is 3.94. The minimum Gasteiger partial charge on any atom is -0.405 e. The summed E-state index contributed by atoms with van der Waals surface area (Å²) < 4.78 is 8.72. The molecule has 2 heterocycles. The number of thiocarbonyl (C=S) groups is 1. The van der Waals surface area contributed by atoms with Crippen molar-refractivity contribution in [2.24, 2.45) is 0 Å². The molecular weight excluding hydrogens is 324 g/mol. The van der Waals surface area contributed by atoms with Gasteiger partial charge in [0.2, 0.25) is 9.54 Å². The maximum Gasteiger partial charge on any atom is 0.342 e. The van der Waals surface area contributed by atoms with Crippen LogP contribution in [0.15, 0.2) is 35.5 Å². The molecule has 0 saturated heterocycles. The summed E-state index contributed by atoms with van der Waals surface area (Å²) in [6, 6.07) is 9.73. The zero-order valence-electron chi connectivity index (χ0n) is 11.4. The van der Waals surface area contributed by atoms with Gasteiger partial charge in [-0.15, -0.1) is 5.10 Å². The van der Waals surface area contributed by atoms with E-state index in [1.807, 2.05) is 37.3 Å². The highest BCUT2D eigenvalue weighted by atomic mass is 32.2. The average Bonchev–Trinajstić information content (AvgIpc) is 3.17. The van der Waals surface area contributed by atoms with Crippen LogP contribution in [0.5, 0.6) is 6.01 Å². The fourth-order valence-corrected chi connectivity index (χ4v) is 2.48. The number of aromatic nitrogens is 8. The van der Waals surface area contributed by atoms with E-state index in [0.717, 1.165) is 17.4 Å². The zero-order valence-corrected chi connectivity index (χ0v) is 13.0. The molecule has 0 radical (unpaired) electrons. The lowest BCUT2D eigenvalue weighted by Gasteiger charge is -2.05. The molecule has 0 N–H and O–H groups in total. The first kappa shape index (κ1) is 14.5. The molecule has 112 valence electrons. The Balaban J connectivity index is 1.74. The minimum atomic E-state index is 0.205. The van der Waals surface area contributed by atoms with Crippen LogP contribution in [-0.2, 0) is 6.54 Å². The van der Waals surface area contributed by atoms with E-state index in [9.17, 15) is 0 Å². The maximum absolute atomic E-state index is 5.45. The SMILES string of the molecule is CCn1nnnc1OC(=S)Sc1nnnn1-c1ccccc1. The third-order valence-electron chi connectivity index (χ3n) is 2.59. The third-order valence-corrected chi connectivity index (χ3v) is 3.61. The summed E-state index contributed by atoms with van der Waals surface area (Å²) in [5, 5.41) is 23.1. The molecule has 3 aromatic rings. The quantitative estimate of drug-likeness (QED) is 0.513. The number of para-hydroxylation sites is 1. The van der Waals surface area contributed by atoms with Gasteiger partial charge >= 0.3 is 6.01 Å². The Bertz CT molecular complexity index is 771. The molecule has 0 fully saturated rings. The highest BCUT2D eigenvalue weighted by Crippen LogP contribution is 2.21. The van der Waals surface area contributed by atoms with Crippen molar-refractivity contribution >= 4 is 28.4 Å². The van der Waals surface area contributed by atoms with Crippen LogP contribution in [0.25, 0.3) is 5.69 Å². The zero-order chi connectivity index (χ0) is 15.4. The minimum absolute atomic E-state index is 0.205. The van der Waals surface area contributed by atoms with Gasteiger partial charge in [0.15, 0.2) is 0 Å². The summed E-state index contributed by atoms with van der Waals surface area (Å²) in [6.45, 7) is 2.48. The van der Waals surface area contributed by atoms with Gasteiger partial charge < -0.3 is 4.74 Å². The molecule has 0 aliphatic heterocycles. The van der Waals surface area contributed by atoms with Crippen molar-refractivity contribution in [3.63, 3.8) is 0 Å². The number of nitrogens with zero attached hydrogens (tertiary/aromatic N) is 8. The van der Waals surface area contributed by atoms with Crippen LogP contribution in [0.2, 0.25) is 0 Å². The van der Waals surface area contributed by atoms with Crippen LogP contribution >= 0.6 is 24.0 Å². The highest BCUT2D eigenvalue weighted by Gasteiger charge is 2.15. The van der Waals surface area contributed by atoms with Crippen LogP contribution in [0.3, 0.4) is 0 Å². The lowest BCUT2D eigenvalue weighted by molar-refractivity contribution is 0.464. The van der Waals surface area contributed by atoms with E-state index in [-0.39, 0.29) is 10.4 Å². The van der Waals surface area contributed by atoms with Crippen molar-refractivity contribution in [3.05, 3.63) is 30.3 Å². The maximum atomic E-state index is 5.45. The molecule has 3 rings (SSSR count). The molecule has 9 nitrogen and oxygen atoms in total. The largest absolute Gasteiger partial charge is 0.405 e. The summed E-state index contributed by atoms with van der Waals surface area (Å²) in [5.41, 5.74) is 0.830. The first-order valence-electron chi connectivity index (χ1n) is 6.27. The standard InChI is InChI=1S/C11H10N8OS2/c1-2-18-9(12-14-16-18)20-11(21)22-10-13-15-17-19(10)8-6-4-3-5-7-8/h3-7H,2H2,1H3. The smallest absolute Gasteiger partial charge is 0.342 e. The second-order valence-corrected chi connectivity index (χ2v) is 5.51. The number of hydrogen-bond donors (Lipinski definition) is 0. The van der Waals surface area contributed by atoms with Gasteiger partial charge in [-0.1, -0.05) is 23.3 Å². The van der Waals surface area contributed by atoms with E-state index in [1.165, 1.54) is 4.68 Å². The molecule has 0 atom stereocenters. The lowest BCUT2D eigenvalue weighted by atomic mass is 10.3. The van der Waals surface area contributed by atoms with Crippen LogP contribution in [0, 0.1) is 0 Å². The monoisotopic (exact) mass is 334 g/mol. The predicted molar refractivity (Wildman–Crippen MR) is 81.7 cm³/mol. The van der Waals surface area contributed by atoms with Gasteiger partial charge in [-0.3, -0.25) is 0 Å². The number of benzene rings is 1. The molecule has 0 aliphatic rings. The van der Waals surface area contributed by atoms with Crippen LogP contribution in [0.4, 0.5) is 0 Å². The number of thioether (sulfide) groups is 1. The van der Waals surface area contributed by atoms with Gasteiger partial charge in [-0.25, -0.2) is 0 Å².